The Bertz CT molecular complexity index is 627. The van der Waals surface area contributed by atoms with Crippen molar-refractivity contribution in [2.75, 3.05) is 32.5 Å². The van der Waals surface area contributed by atoms with Crippen molar-refractivity contribution >= 4 is 21.7 Å². The number of anilines is 1. The largest absolute Gasteiger partial charge is 0.478 e. The first-order chi connectivity index (χ1) is 9.84. The van der Waals surface area contributed by atoms with Crippen LogP contribution in [-0.4, -0.2) is 50.6 Å². The van der Waals surface area contributed by atoms with Gasteiger partial charge < -0.3 is 15.6 Å². The highest BCUT2D eigenvalue weighted by molar-refractivity contribution is 7.89. The number of carboxylic acid groups (broad SMARTS) is 1. The lowest BCUT2D eigenvalue weighted by Crippen LogP contribution is -2.34. The topological polar surface area (TPSA) is 110 Å². The van der Waals surface area contributed by atoms with Gasteiger partial charge in [0.1, 0.15) is 4.90 Å². The van der Waals surface area contributed by atoms with E-state index in [-0.39, 0.29) is 35.8 Å². The number of carboxylic acids is 1. The van der Waals surface area contributed by atoms with E-state index in [2.05, 4.69) is 6.58 Å². The average molecular weight is 314 g/mol. The van der Waals surface area contributed by atoms with Crippen LogP contribution in [-0.2, 0) is 14.8 Å². The van der Waals surface area contributed by atoms with Crippen molar-refractivity contribution in [3.05, 3.63) is 36.4 Å². The number of ether oxygens (including phenoxy) is 1. The van der Waals surface area contributed by atoms with Gasteiger partial charge in [-0.3, -0.25) is 0 Å². The lowest BCUT2D eigenvalue weighted by atomic mass is 10.2. The summed E-state index contributed by atoms with van der Waals surface area (Å²) in [7, 11) is -2.38. The third kappa shape index (κ3) is 4.03. The van der Waals surface area contributed by atoms with E-state index in [0.717, 1.165) is 10.4 Å². The number of carbonyl (C=O) groups is 1. The second-order valence-electron chi connectivity index (χ2n) is 4.20. The molecule has 0 aliphatic carbocycles. The van der Waals surface area contributed by atoms with Crippen LogP contribution in [0, 0.1) is 0 Å². The minimum absolute atomic E-state index is 0.0707. The third-order valence-electron chi connectivity index (χ3n) is 2.75. The molecule has 0 radical (unpaired) electrons. The predicted octanol–water partition coefficient (Wildman–Crippen LogP) is 0.790. The summed E-state index contributed by atoms with van der Waals surface area (Å²) in [6.07, 6.45) is 1.45. The number of methoxy groups -OCH3 is 1. The van der Waals surface area contributed by atoms with Crippen LogP contribution in [0.2, 0.25) is 0 Å². The molecule has 7 nitrogen and oxygen atoms in total. The number of nitrogens with zero attached hydrogens (tertiary/aromatic N) is 1. The minimum atomic E-state index is -3.84. The molecule has 0 fully saturated rings. The van der Waals surface area contributed by atoms with Gasteiger partial charge in [0.2, 0.25) is 10.0 Å². The van der Waals surface area contributed by atoms with Gasteiger partial charge in [-0.25, -0.2) is 13.2 Å². The maximum Gasteiger partial charge on any atom is 0.335 e. The van der Waals surface area contributed by atoms with Crippen LogP contribution in [0.1, 0.15) is 10.4 Å². The Hall–Kier alpha value is -1.90. The third-order valence-corrected chi connectivity index (χ3v) is 4.69. The van der Waals surface area contributed by atoms with Gasteiger partial charge in [-0.1, -0.05) is 6.08 Å². The Labute approximate surface area is 123 Å². The van der Waals surface area contributed by atoms with Crippen molar-refractivity contribution in [2.24, 2.45) is 0 Å². The average Bonchev–Trinajstić information content (AvgIpc) is 2.42. The summed E-state index contributed by atoms with van der Waals surface area (Å²) in [5, 5.41) is 8.87. The van der Waals surface area contributed by atoms with Gasteiger partial charge in [-0.2, -0.15) is 4.31 Å². The van der Waals surface area contributed by atoms with E-state index in [1.807, 2.05) is 0 Å². The molecule has 0 atom stereocenters. The van der Waals surface area contributed by atoms with Crippen molar-refractivity contribution < 1.29 is 23.1 Å². The second kappa shape index (κ2) is 7.21. The van der Waals surface area contributed by atoms with Crippen molar-refractivity contribution in [1.29, 1.82) is 0 Å². The van der Waals surface area contributed by atoms with Gasteiger partial charge in [-0.15, -0.1) is 6.58 Å². The highest BCUT2D eigenvalue weighted by atomic mass is 32.2. The van der Waals surface area contributed by atoms with Crippen molar-refractivity contribution in [1.82, 2.24) is 4.31 Å². The zero-order valence-electron chi connectivity index (χ0n) is 11.7. The first-order valence-corrected chi connectivity index (χ1v) is 7.51. The molecule has 1 aromatic carbocycles. The fourth-order valence-corrected chi connectivity index (χ4v) is 3.19. The summed E-state index contributed by atoms with van der Waals surface area (Å²) < 4.78 is 31.1. The summed E-state index contributed by atoms with van der Waals surface area (Å²) in [5.41, 5.74) is 5.50. The lowest BCUT2D eigenvalue weighted by molar-refractivity contribution is 0.0697. The highest BCUT2D eigenvalue weighted by Crippen LogP contribution is 2.23. The predicted molar refractivity (Wildman–Crippen MR) is 78.6 cm³/mol. The SMILES string of the molecule is C=CCN(CCOC)S(=O)(=O)c1ccc(C(=O)O)cc1N. The number of aromatic carboxylic acids is 1. The number of rotatable bonds is 8. The summed E-state index contributed by atoms with van der Waals surface area (Å²) in [5.74, 6) is -1.17. The molecule has 0 saturated carbocycles. The molecule has 8 heteroatoms. The molecule has 0 bridgehead atoms. The van der Waals surface area contributed by atoms with Crippen molar-refractivity contribution in [3.8, 4) is 0 Å². The van der Waals surface area contributed by atoms with Gasteiger partial charge in [0.15, 0.2) is 0 Å². The number of benzene rings is 1. The lowest BCUT2D eigenvalue weighted by Gasteiger charge is -2.21. The normalized spacial score (nSPS) is 11.5. The standard InChI is InChI=1S/C13H18N2O5S/c1-3-6-15(7-8-20-2)21(18,19)12-5-4-10(13(16)17)9-11(12)14/h3-5,9H,1,6-8,14H2,2H3,(H,16,17). The molecule has 0 aliphatic rings. The maximum atomic E-state index is 12.5. The molecule has 0 spiro atoms. The van der Waals surface area contributed by atoms with Crippen LogP contribution >= 0.6 is 0 Å². The van der Waals surface area contributed by atoms with Gasteiger partial charge in [0, 0.05) is 20.2 Å². The molecule has 3 N–H and O–H groups in total. The van der Waals surface area contributed by atoms with Crippen LogP contribution in [0.3, 0.4) is 0 Å². The van der Waals surface area contributed by atoms with Crippen molar-refractivity contribution in [2.45, 2.75) is 4.90 Å². The first kappa shape index (κ1) is 17.2. The molecule has 0 unspecified atom stereocenters. The van der Waals surface area contributed by atoms with Gasteiger partial charge in [0.25, 0.3) is 0 Å². The molecule has 1 aromatic rings. The van der Waals surface area contributed by atoms with E-state index in [0.29, 0.717) is 0 Å². The summed E-state index contributed by atoms with van der Waals surface area (Å²) >= 11 is 0. The Morgan fingerprint density at radius 2 is 2.19 bits per heavy atom. The molecular formula is C13H18N2O5S. The first-order valence-electron chi connectivity index (χ1n) is 6.07. The number of nitrogen functional groups attached to an aromatic ring is 1. The fourth-order valence-electron chi connectivity index (χ4n) is 1.70. The highest BCUT2D eigenvalue weighted by Gasteiger charge is 2.26. The number of nitrogens with two attached hydrogens (primary N) is 1. The molecule has 0 aromatic heterocycles. The van der Waals surface area contributed by atoms with E-state index in [4.69, 9.17) is 15.6 Å². The second-order valence-corrected chi connectivity index (χ2v) is 6.11. The van der Waals surface area contributed by atoms with Crippen molar-refractivity contribution in [3.63, 3.8) is 0 Å². The minimum Gasteiger partial charge on any atom is -0.478 e. The van der Waals surface area contributed by atoms with E-state index in [1.165, 1.54) is 25.3 Å². The van der Waals surface area contributed by atoms with E-state index >= 15 is 0 Å². The molecule has 1 rings (SSSR count). The number of hydrogen-bond acceptors (Lipinski definition) is 5. The maximum absolute atomic E-state index is 12.5. The number of sulfonamides is 1. The monoisotopic (exact) mass is 314 g/mol. The van der Waals surface area contributed by atoms with E-state index in [1.54, 1.807) is 0 Å². The van der Waals surface area contributed by atoms with Gasteiger partial charge in [-0.05, 0) is 18.2 Å². The fraction of sp³-hybridized carbons (Fsp3) is 0.308. The van der Waals surface area contributed by atoms with E-state index < -0.39 is 16.0 Å². The van der Waals surface area contributed by atoms with Crippen LogP contribution in [0.4, 0.5) is 5.69 Å². The number of hydrogen-bond donors (Lipinski definition) is 2. The molecular weight excluding hydrogens is 296 g/mol. The van der Waals surface area contributed by atoms with Crippen LogP contribution in [0.5, 0.6) is 0 Å². The Balaban J connectivity index is 3.21. The zero-order valence-corrected chi connectivity index (χ0v) is 12.5. The summed E-state index contributed by atoms with van der Waals surface area (Å²) in [6, 6.07) is 3.52. The molecule has 0 aliphatic heterocycles. The Morgan fingerprint density at radius 3 is 2.67 bits per heavy atom. The van der Waals surface area contributed by atoms with Crippen LogP contribution in [0.25, 0.3) is 0 Å². The molecule has 21 heavy (non-hydrogen) atoms. The smallest absolute Gasteiger partial charge is 0.335 e. The molecule has 0 saturated heterocycles. The van der Waals surface area contributed by atoms with Crippen LogP contribution < -0.4 is 5.73 Å². The van der Waals surface area contributed by atoms with Crippen LogP contribution in [0.15, 0.2) is 35.7 Å². The molecule has 0 heterocycles. The molecule has 116 valence electrons. The zero-order chi connectivity index (χ0) is 16.0. The van der Waals surface area contributed by atoms with Gasteiger partial charge >= 0.3 is 5.97 Å². The van der Waals surface area contributed by atoms with Gasteiger partial charge in [0.05, 0.1) is 17.9 Å². The summed E-state index contributed by atoms with van der Waals surface area (Å²) in [4.78, 5) is 10.7. The Kier molecular flexibility index (Phi) is 5.89. The molecule has 0 amide bonds. The van der Waals surface area contributed by atoms with E-state index in [9.17, 15) is 13.2 Å². The Morgan fingerprint density at radius 1 is 1.52 bits per heavy atom. The quantitative estimate of drug-likeness (QED) is 0.542. The summed E-state index contributed by atoms with van der Waals surface area (Å²) in [6.45, 7) is 3.99.